The first-order valence-electron chi connectivity index (χ1n) is 45.2. The van der Waals surface area contributed by atoms with E-state index in [9.17, 15) is 137 Å². The van der Waals surface area contributed by atoms with E-state index in [2.05, 4.69) is 24.5 Å². The van der Waals surface area contributed by atoms with Crippen LogP contribution in [-0.4, -0.2) is 395 Å². The number of hydrogen-bond acceptors (Lipinski definition) is 37. The molecule has 0 radical (unpaired) electrons. The molecule has 6 fully saturated rings. The van der Waals surface area contributed by atoms with E-state index in [4.69, 9.17) is 56.8 Å². The van der Waals surface area contributed by atoms with E-state index in [0.29, 0.717) is 12.8 Å². The van der Waals surface area contributed by atoms with Gasteiger partial charge in [0.15, 0.2) is 25.2 Å². The maximum Gasteiger partial charge on any atom is 0.364 e. The number of carboxylic acids is 2. The van der Waals surface area contributed by atoms with Crippen molar-refractivity contribution in [2.24, 2.45) is 0 Å². The second kappa shape index (κ2) is 57.0. The van der Waals surface area contributed by atoms with Crippen LogP contribution in [0.15, 0.2) is 12.2 Å². The highest BCUT2D eigenvalue weighted by molar-refractivity contribution is 5.77. The molecule has 41 nitrogen and oxygen atoms in total. The molecule has 0 spiro atoms. The molecule has 2 amide bonds. The Bertz CT molecular complexity index is 3010. The lowest BCUT2D eigenvalue weighted by Crippen LogP contribution is -2.71. The van der Waals surface area contributed by atoms with Gasteiger partial charge in [-0.25, -0.2) is 9.59 Å². The van der Waals surface area contributed by atoms with Crippen molar-refractivity contribution in [3.8, 4) is 0 Å². The second-order valence-corrected chi connectivity index (χ2v) is 34.2. The molecular formula is C84H150N2O39. The van der Waals surface area contributed by atoms with Crippen LogP contribution in [-0.2, 0) is 76.0 Å². The minimum Gasteiger partial charge on any atom is -0.477 e. The third kappa shape index (κ3) is 32.9. The van der Waals surface area contributed by atoms with E-state index in [1.807, 2.05) is 6.08 Å². The van der Waals surface area contributed by atoms with Crippen LogP contribution < -0.4 is 10.6 Å². The molecule has 6 saturated heterocycles. The molecule has 6 aliphatic rings. The van der Waals surface area contributed by atoms with Crippen LogP contribution >= 0.6 is 0 Å². The molecule has 0 aromatic heterocycles. The Balaban J connectivity index is 1.18. The van der Waals surface area contributed by atoms with Crippen molar-refractivity contribution >= 4 is 23.8 Å². The van der Waals surface area contributed by atoms with E-state index in [1.54, 1.807) is 6.08 Å². The monoisotopic (exact) mass is 1810 g/mol. The van der Waals surface area contributed by atoms with Gasteiger partial charge < -0.3 is 185 Å². The number of carboxylic acid groups (broad SMARTS) is 2. The highest BCUT2D eigenvalue weighted by atomic mass is 16.8. The van der Waals surface area contributed by atoms with E-state index in [0.717, 1.165) is 64.7 Å². The third-order valence-electron chi connectivity index (χ3n) is 24.3. The lowest BCUT2D eigenvalue weighted by atomic mass is 9.90. The van der Waals surface area contributed by atoms with Crippen LogP contribution in [0.1, 0.15) is 239 Å². The average molecular weight is 1810 g/mol. The van der Waals surface area contributed by atoms with Gasteiger partial charge in [-0.1, -0.05) is 206 Å². The molecule has 6 heterocycles. The molecular weight excluding hydrogens is 1660 g/mol. The lowest BCUT2D eigenvalue weighted by molar-refractivity contribution is -0.393. The van der Waals surface area contributed by atoms with E-state index >= 15 is 0 Å². The predicted octanol–water partition coefficient (Wildman–Crippen LogP) is -2.60. The van der Waals surface area contributed by atoms with E-state index in [-0.39, 0.29) is 12.3 Å². The van der Waals surface area contributed by atoms with Crippen LogP contribution in [0.4, 0.5) is 0 Å². The number of carbonyl (C=O) groups excluding carboxylic acids is 2. The molecule has 12 unspecified atom stereocenters. The van der Waals surface area contributed by atoms with Crippen molar-refractivity contribution in [1.82, 2.24) is 10.6 Å². The molecule has 125 heavy (non-hydrogen) atoms. The first-order valence-corrected chi connectivity index (χ1v) is 45.2. The molecule has 6 rings (SSSR count). The number of hydrogen-bond donors (Lipinski definition) is 25. The van der Waals surface area contributed by atoms with Gasteiger partial charge in [-0.2, -0.15) is 0 Å². The molecule has 41 heteroatoms. The average Bonchev–Trinajstić information content (AvgIpc) is 0.762. The fourth-order valence-electron chi connectivity index (χ4n) is 16.6. The highest BCUT2D eigenvalue weighted by Gasteiger charge is 2.63. The fourth-order valence-corrected chi connectivity index (χ4v) is 16.6. The summed E-state index contributed by atoms with van der Waals surface area (Å²) in [7, 11) is 0. The number of aliphatic hydroxyl groups excluding tert-OH is 21. The summed E-state index contributed by atoms with van der Waals surface area (Å²) >= 11 is 0. The molecule has 0 aliphatic carbocycles. The van der Waals surface area contributed by atoms with Gasteiger partial charge in [-0.3, -0.25) is 9.59 Å². The normalized spacial score (nSPS) is 35.6. The first-order chi connectivity index (χ1) is 59.7. The van der Waals surface area contributed by atoms with Crippen LogP contribution in [0.25, 0.3) is 0 Å². The minimum atomic E-state index is -3.35. The lowest BCUT2D eigenvalue weighted by Gasteiger charge is -2.51. The van der Waals surface area contributed by atoms with Gasteiger partial charge in [-0.15, -0.1) is 0 Å². The van der Waals surface area contributed by atoms with Crippen molar-refractivity contribution < 1.29 is 193 Å². The molecule has 0 bridgehead atoms. The molecule has 0 aromatic carbocycles. The smallest absolute Gasteiger partial charge is 0.364 e. The number of allylic oxidation sites excluding steroid dienone is 1. The van der Waals surface area contributed by atoms with Crippen molar-refractivity contribution in [2.45, 2.75) is 447 Å². The van der Waals surface area contributed by atoms with Crippen LogP contribution in [0.3, 0.4) is 0 Å². The van der Waals surface area contributed by atoms with Crippen molar-refractivity contribution in [2.75, 3.05) is 46.2 Å². The molecule has 25 N–H and O–H groups in total. The van der Waals surface area contributed by atoms with Gasteiger partial charge in [0, 0.05) is 26.2 Å². The van der Waals surface area contributed by atoms with Gasteiger partial charge >= 0.3 is 11.9 Å². The Morgan fingerprint density at radius 1 is 0.432 bits per heavy atom. The number of aliphatic hydroxyl groups is 21. The predicted molar refractivity (Wildman–Crippen MR) is 435 cm³/mol. The Hall–Kier alpha value is -3.70. The van der Waals surface area contributed by atoms with Crippen LogP contribution in [0, 0.1) is 0 Å². The molecule has 6 aliphatic heterocycles. The highest BCUT2D eigenvalue weighted by Crippen LogP contribution is 2.42. The van der Waals surface area contributed by atoms with Crippen molar-refractivity contribution in [3.05, 3.63) is 12.2 Å². The second-order valence-electron chi connectivity index (χ2n) is 34.2. The first kappa shape index (κ1) is 110. The van der Waals surface area contributed by atoms with E-state index in [1.165, 1.54) is 128 Å². The SMILES string of the molecule is CCCCCCCCCCCCC/C=C/[C@@H](O)[C@H](CO[C@@H]1OC(CO)[C@@H](O[C@@H]2OC(CO)[C@H](O[C@@H]3OC(CO[C@]4(C(=O)O)CC(O)[C@@H](O)C([C@H](O)[C@H](O)CO)O4)[C@H](O)[C@H](O[C@@H]4OC(CO)[C@H](O)[C@H](O[C@]5(C(=O)O)CC(O)[C@@H](O)C([C@H](O)[C@H](O)CO)O5)C4O)C3NC(C)=O)[C@H](O)C2O)[C@H](O)C1O)NC(=O)CCCCCCCCCCCCCCCCCCCCC. The summed E-state index contributed by atoms with van der Waals surface area (Å²) in [5, 5.41) is 259. The summed E-state index contributed by atoms with van der Waals surface area (Å²) in [6, 6.07) is -3.26. The number of unbranched alkanes of at least 4 members (excludes halogenated alkanes) is 29. The summed E-state index contributed by atoms with van der Waals surface area (Å²) in [4.78, 5) is 53.5. The maximum atomic E-state index is 13.6. The standard InChI is InChI=1S/C84H150N2O39/c1-4-6-8-10-12-14-16-18-19-20-21-22-23-25-27-29-31-33-35-37-58(98)86-48(49(93)36-34-32-30-28-26-24-17-15-13-11-9-7-5-2)45-114-78-68(107)66(105)72(55(43-90)117-78)121-79-69(108)67(106)71(56(44-91)118-79)120-77-59(85-47(3)92)73(65(104)57(119-77)46-115-83(81(110)111)38-50(94)60(99)74(123-83)62(101)52(96)40-87)122-80-70(109)76(64(103)54(42-89)116-80)125-84(82(112)113)39-51(95)61(100)75(124-84)63(102)53(97)41-88/h34,36,48-57,59-80,87-91,93-97,99-109H,4-33,35,37-46H2,1-3H3,(H,85,92)(H,86,98)(H,110,111)(H,112,113)/b36-34+/t48-,49+,50?,51?,52+,53+,54?,55?,56?,57?,59?,60+,61+,62+,63+,64-,65-,66+,67+,68?,69?,70?,71-,72+,73+,74?,75?,76-,77-,78+,79-,80-,83+,84-/m0/s1. The Labute approximate surface area is 730 Å². The third-order valence-corrected chi connectivity index (χ3v) is 24.3. The number of ether oxygens (including phenoxy) is 12. The summed E-state index contributed by atoms with van der Waals surface area (Å²) in [6.45, 7) is -2.44. The van der Waals surface area contributed by atoms with Gasteiger partial charge in [0.25, 0.3) is 11.6 Å². The molecule has 0 aromatic rings. The summed E-state index contributed by atoms with van der Waals surface area (Å²) in [5.41, 5.74) is 0. The van der Waals surface area contributed by atoms with Crippen molar-refractivity contribution in [3.63, 3.8) is 0 Å². The van der Waals surface area contributed by atoms with Gasteiger partial charge in [-0.05, 0) is 19.3 Å². The fraction of sp³-hybridized carbons (Fsp3) is 0.929. The Morgan fingerprint density at radius 2 is 0.816 bits per heavy atom. The maximum absolute atomic E-state index is 13.6. The number of nitrogens with one attached hydrogen (secondary N) is 2. The quantitative estimate of drug-likeness (QED) is 0.0219. The zero-order valence-corrected chi connectivity index (χ0v) is 72.4. The Kier molecular flexibility index (Phi) is 50.2. The number of rotatable bonds is 61. The Morgan fingerprint density at radius 3 is 1.26 bits per heavy atom. The molecule has 34 atom stereocenters. The number of carbonyl (C=O) groups is 4. The van der Waals surface area contributed by atoms with Gasteiger partial charge in [0.2, 0.25) is 11.8 Å². The van der Waals surface area contributed by atoms with Crippen LogP contribution in [0.5, 0.6) is 0 Å². The summed E-state index contributed by atoms with van der Waals surface area (Å²) in [6.07, 6.45) is -29.1. The van der Waals surface area contributed by atoms with Gasteiger partial charge in [0.05, 0.1) is 70.6 Å². The summed E-state index contributed by atoms with van der Waals surface area (Å²) in [5.74, 6) is -12.3. The van der Waals surface area contributed by atoms with Gasteiger partial charge in [0.1, 0.15) is 146 Å². The zero-order chi connectivity index (χ0) is 92.1. The molecule has 730 valence electrons. The largest absolute Gasteiger partial charge is 0.477 e. The van der Waals surface area contributed by atoms with E-state index < -0.39 is 284 Å². The summed E-state index contributed by atoms with van der Waals surface area (Å²) < 4.78 is 70.6. The number of amides is 2. The van der Waals surface area contributed by atoms with Crippen molar-refractivity contribution in [1.29, 1.82) is 0 Å². The molecule has 0 saturated carbocycles. The minimum absolute atomic E-state index is 0.134. The number of aliphatic carboxylic acids is 2. The zero-order valence-electron chi connectivity index (χ0n) is 72.4. The topological polar surface area (TPSA) is 668 Å². The van der Waals surface area contributed by atoms with Crippen LogP contribution in [0.2, 0.25) is 0 Å².